The Kier molecular flexibility index (Phi) is 8.66. The summed E-state index contributed by atoms with van der Waals surface area (Å²) in [5, 5.41) is 5.29. The number of hydrogen-bond acceptors (Lipinski definition) is 6. The monoisotopic (exact) mass is 420 g/mol. The maximum Gasteiger partial charge on any atom is 0.321 e. The summed E-state index contributed by atoms with van der Waals surface area (Å²) in [4.78, 5) is 41.7. The molecule has 9 heteroatoms. The van der Waals surface area contributed by atoms with Crippen molar-refractivity contribution in [3.63, 3.8) is 0 Å². The first-order chi connectivity index (χ1) is 13.8. The molecule has 0 aliphatic heterocycles. The van der Waals surface area contributed by atoms with Crippen LogP contribution in [0.2, 0.25) is 0 Å². The number of urea groups is 1. The number of para-hydroxylation sites is 1. The van der Waals surface area contributed by atoms with Gasteiger partial charge in [0.1, 0.15) is 0 Å². The van der Waals surface area contributed by atoms with Gasteiger partial charge in [-0.25, -0.2) is 9.78 Å². The molecule has 8 nitrogen and oxygen atoms in total. The number of thioether (sulfide) groups is 1. The van der Waals surface area contributed by atoms with Crippen LogP contribution >= 0.6 is 11.8 Å². The number of carbonyl (C=O) groups excluding carboxylic acids is 2. The average Bonchev–Trinajstić information content (AvgIpc) is 2.66. The summed E-state index contributed by atoms with van der Waals surface area (Å²) in [5.41, 5.74) is 0.422. The second-order valence-electron chi connectivity index (χ2n) is 6.80. The second kappa shape index (κ2) is 11.0. The van der Waals surface area contributed by atoms with Crippen molar-refractivity contribution < 1.29 is 14.3 Å². The Labute approximate surface area is 174 Å². The van der Waals surface area contributed by atoms with E-state index >= 15 is 0 Å². The summed E-state index contributed by atoms with van der Waals surface area (Å²) in [6.07, 6.45) is 0.651. The summed E-state index contributed by atoms with van der Waals surface area (Å²) in [6, 6.07) is 6.50. The van der Waals surface area contributed by atoms with Gasteiger partial charge in [-0.05, 0) is 46.2 Å². The lowest BCUT2D eigenvalue weighted by Crippen LogP contribution is -2.45. The maximum atomic E-state index is 13.0. The van der Waals surface area contributed by atoms with Crippen molar-refractivity contribution in [3.8, 4) is 0 Å². The lowest BCUT2D eigenvalue weighted by atomic mass is 10.2. The van der Waals surface area contributed by atoms with Gasteiger partial charge in [0.05, 0.1) is 16.2 Å². The van der Waals surface area contributed by atoms with Crippen LogP contribution in [-0.4, -0.2) is 46.0 Å². The Morgan fingerprint density at radius 1 is 1.24 bits per heavy atom. The van der Waals surface area contributed by atoms with Gasteiger partial charge in [0.15, 0.2) is 5.16 Å². The molecule has 29 heavy (non-hydrogen) atoms. The first-order valence-corrected chi connectivity index (χ1v) is 10.6. The Morgan fingerprint density at radius 2 is 1.97 bits per heavy atom. The molecule has 2 aromatic rings. The van der Waals surface area contributed by atoms with E-state index in [2.05, 4.69) is 15.6 Å². The van der Waals surface area contributed by atoms with Crippen molar-refractivity contribution >= 4 is 34.6 Å². The highest BCUT2D eigenvalue weighted by atomic mass is 32.2. The van der Waals surface area contributed by atoms with Gasteiger partial charge in [-0.15, -0.1) is 0 Å². The minimum atomic E-state index is -0.612. The lowest BCUT2D eigenvalue weighted by molar-refractivity contribution is -0.119. The van der Waals surface area contributed by atoms with E-state index < -0.39 is 17.2 Å². The molecular formula is C20H28N4O4S. The SMILES string of the molecule is CCOCCCn1c(S[C@H](C)C(=O)NC(=O)NC(C)C)nc2ccccc2c1=O. The van der Waals surface area contributed by atoms with Crippen molar-refractivity contribution in [2.75, 3.05) is 13.2 Å². The number of ether oxygens (including phenoxy) is 1. The number of carbonyl (C=O) groups is 2. The zero-order chi connectivity index (χ0) is 21.4. The fourth-order valence-corrected chi connectivity index (χ4v) is 3.56. The molecule has 0 aliphatic rings. The fraction of sp³-hybridized carbons (Fsp3) is 0.500. The average molecular weight is 421 g/mol. The first kappa shape index (κ1) is 22.9. The van der Waals surface area contributed by atoms with Crippen molar-refractivity contribution in [3.05, 3.63) is 34.6 Å². The lowest BCUT2D eigenvalue weighted by Gasteiger charge is -2.16. The molecule has 1 aromatic heterocycles. The molecule has 2 rings (SSSR count). The topological polar surface area (TPSA) is 102 Å². The quantitative estimate of drug-likeness (QED) is 0.367. The molecule has 0 saturated heterocycles. The Bertz CT molecular complexity index is 913. The highest BCUT2D eigenvalue weighted by molar-refractivity contribution is 8.00. The molecule has 1 atom stereocenters. The van der Waals surface area contributed by atoms with Gasteiger partial charge in [-0.3, -0.25) is 19.5 Å². The summed E-state index contributed by atoms with van der Waals surface area (Å²) < 4.78 is 6.94. The van der Waals surface area contributed by atoms with Crippen LogP contribution in [0.3, 0.4) is 0 Å². The van der Waals surface area contributed by atoms with E-state index in [1.807, 2.05) is 26.8 Å². The zero-order valence-electron chi connectivity index (χ0n) is 17.2. The van der Waals surface area contributed by atoms with Crippen LogP contribution < -0.4 is 16.2 Å². The molecule has 0 unspecified atom stereocenters. The smallest absolute Gasteiger partial charge is 0.321 e. The summed E-state index contributed by atoms with van der Waals surface area (Å²) in [7, 11) is 0. The third kappa shape index (κ3) is 6.57. The maximum absolute atomic E-state index is 13.0. The molecule has 3 amide bonds. The van der Waals surface area contributed by atoms with Crippen LogP contribution in [0.1, 0.15) is 34.1 Å². The minimum absolute atomic E-state index is 0.0802. The first-order valence-electron chi connectivity index (χ1n) is 9.68. The third-order valence-corrected chi connectivity index (χ3v) is 5.10. The molecule has 1 heterocycles. The van der Waals surface area contributed by atoms with Crippen LogP contribution in [0.15, 0.2) is 34.2 Å². The van der Waals surface area contributed by atoms with Crippen molar-refractivity contribution in [2.45, 2.75) is 57.1 Å². The molecule has 0 bridgehead atoms. The van der Waals surface area contributed by atoms with Crippen LogP contribution in [0.4, 0.5) is 4.79 Å². The normalized spacial score (nSPS) is 12.2. The van der Waals surface area contributed by atoms with Gasteiger partial charge >= 0.3 is 6.03 Å². The van der Waals surface area contributed by atoms with Crippen molar-refractivity contribution in [1.82, 2.24) is 20.2 Å². The summed E-state index contributed by atoms with van der Waals surface area (Å²) >= 11 is 1.15. The van der Waals surface area contributed by atoms with Gasteiger partial charge in [0, 0.05) is 25.8 Å². The molecule has 1 aromatic carbocycles. The van der Waals surface area contributed by atoms with Gasteiger partial charge < -0.3 is 10.1 Å². The molecule has 0 aliphatic carbocycles. The van der Waals surface area contributed by atoms with Crippen molar-refractivity contribution in [2.24, 2.45) is 0 Å². The number of nitrogens with one attached hydrogen (secondary N) is 2. The standard InChI is InChI=1S/C20H28N4O4S/c1-5-28-12-8-11-24-18(26)15-9-6-7-10-16(15)22-20(24)29-14(4)17(25)23-19(27)21-13(2)3/h6-7,9-10,13-14H,5,8,11-12H2,1-4H3,(H2,21,23,25,27)/t14-/m1/s1. The number of nitrogens with zero attached hydrogens (tertiary/aromatic N) is 2. The molecule has 2 N–H and O–H groups in total. The van der Waals surface area contributed by atoms with Gasteiger partial charge in [-0.2, -0.15) is 0 Å². The van der Waals surface area contributed by atoms with Crippen molar-refractivity contribution in [1.29, 1.82) is 0 Å². The number of hydrogen-bond donors (Lipinski definition) is 2. The molecule has 158 valence electrons. The number of benzene rings is 1. The molecule has 0 fully saturated rings. The summed E-state index contributed by atoms with van der Waals surface area (Å²) in [5.74, 6) is -0.448. The highest BCUT2D eigenvalue weighted by Crippen LogP contribution is 2.23. The molecular weight excluding hydrogens is 392 g/mol. The number of aromatic nitrogens is 2. The van der Waals surface area contributed by atoms with E-state index in [0.29, 0.717) is 42.2 Å². The third-order valence-electron chi connectivity index (χ3n) is 4.01. The Morgan fingerprint density at radius 3 is 2.66 bits per heavy atom. The van der Waals surface area contributed by atoms with E-state index in [0.717, 1.165) is 11.8 Å². The van der Waals surface area contributed by atoms with E-state index in [4.69, 9.17) is 4.74 Å². The number of fused-ring (bicyclic) bond motifs is 1. The van der Waals surface area contributed by atoms with Gasteiger partial charge in [0.2, 0.25) is 5.91 Å². The predicted molar refractivity (Wildman–Crippen MR) is 114 cm³/mol. The highest BCUT2D eigenvalue weighted by Gasteiger charge is 2.21. The predicted octanol–water partition coefficient (Wildman–Crippen LogP) is 2.54. The number of amides is 3. The van der Waals surface area contributed by atoms with E-state index in [9.17, 15) is 14.4 Å². The second-order valence-corrected chi connectivity index (χ2v) is 8.10. The molecule has 0 spiro atoms. The van der Waals surface area contributed by atoms with E-state index in [1.54, 1.807) is 29.7 Å². The fourth-order valence-electron chi connectivity index (χ4n) is 2.63. The van der Waals surface area contributed by atoms with Crippen LogP contribution in [0.5, 0.6) is 0 Å². The van der Waals surface area contributed by atoms with Crippen LogP contribution in [-0.2, 0) is 16.1 Å². The number of rotatable bonds is 9. The van der Waals surface area contributed by atoms with Gasteiger partial charge in [0.25, 0.3) is 5.56 Å². The van der Waals surface area contributed by atoms with E-state index in [-0.39, 0.29) is 11.6 Å². The summed E-state index contributed by atoms with van der Waals surface area (Å²) in [6.45, 7) is 8.79. The molecule has 0 radical (unpaired) electrons. The Hall–Kier alpha value is -2.39. The van der Waals surface area contributed by atoms with E-state index in [1.165, 1.54) is 0 Å². The number of imide groups is 1. The van der Waals surface area contributed by atoms with Crippen LogP contribution in [0, 0.1) is 0 Å². The molecule has 0 saturated carbocycles. The Balaban J connectivity index is 2.23. The largest absolute Gasteiger partial charge is 0.382 e. The van der Waals surface area contributed by atoms with Crippen LogP contribution in [0.25, 0.3) is 10.9 Å². The minimum Gasteiger partial charge on any atom is -0.382 e. The zero-order valence-corrected chi connectivity index (χ0v) is 18.0. The van der Waals surface area contributed by atoms with Gasteiger partial charge in [-0.1, -0.05) is 23.9 Å².